The van der Waals surface area contributed by atoms with E-state index in [0.29, 0.717) is 28.6 Å². The highest BCUT2D eigenvalue weighted by atomic mass is 32.2. The Bertz CT molecular complexity index is 858. The maximum Gasteiger partial charge on any atom is 0.277 e. The molecule has 0 spiro atoms. The van der Waals surface area contributed by atoms with Crippen molar-refractivity contribution >= 4 is 11.8 Å². The van der Waals surface area contributed by atoms with Gasteiger partial charge in [-0.05, 0) is 31.2 Å². The SMILES string of the molecule is CC(Sc1nnc(COc2ccc(F)cc2)o1)c1nc(C(C)(C)C)no1. The number of thioether (sulfide) groups is 1. The summed E-state index contributed by atoms with van der Waals surface area (Å²) in [5.41, 5.74) is -0.179. The van der Waals surface area contributed by atoms with Crippen molar-refractivity contribution in [2.24, 2.45) is 0 Å². The van der Waals surface area contributed by atoms with Crippen molar-refractivity contribution < 1.29 is 18.1 Å². The minimum Gasteiger partial charge on any atom is -0.484 e. The van der Waals surface area contributed by atoms with Crippen LogP contribution in [-0.2, 0) is 12.0 Å². The topological polar surface area (TPSA) is 87.1 Å². The van der Waals surface area contributed by atoms with Gasteiger partial charge in [0.1, 0.15) is 11.6 Å². The smallest absolute Gasteiger partial charge is 0.277 e. The first-order chi connectivity index (χ1) is 12.3. The zero-order chi connectivity index (χ0) is 18.7. The van der Waals surface area contributed by atoms with E-state index >= 15 is 0 Å². The van der Waals surface area contributed by atoms with Crippen molar-refractivity contribution in [3.05, 3.63) is 47.7 Å². The molecule has 0 aliphatic carbocycles. The van der Waals surface area contributed by atoms with Crippen LogP contribution in [0.5, 0.6) is 5.75 Å². The molecule has 0 saturated carbocycles. The van der Waals surface area contributed by atoms with E-state index in [1.165, 1.54) is 36.0 Å². The first kappa shape index (κ1) is 18.4. The second-order valence-electron chi connectivity index (χ2n) is 6.67. The summed E-state index contributed by atoms with van der Waals surface area (Å²) in [6.07, 6.45) is 0. The Kier molecular flexibility index (Phi) is 5.26. The molecule has 0 aliphatic rings. The number of hydrogen-bond acceptors (Lipinski definition) is 8. The third-order valence-electron chi connectivity index (χ3n) is 3.36. The lowest BCUT2D eigenvalue weighted by Crippen LogP contribution is -2.13. The lowest BCUT2D eigenvalue weighted by Gasteiger charge is -2.11. The molecule has 0 bridgehead atoms. The number of rotatable bonds is 6. The molecule has 3 rings (SSSR count). The number of ether oxygens (including phenoxy) is 1. The summed E-state index contributed by atoms with van der Waals surface area (Å²) in [4.78, 5) is 4.42. The number of aromatic nitrogens is 4. The Labute approximate surface area is 154 Å². The highest BCUT2D eigenvalue weighted by molar-refractivity contribution is 7.99. The molecule has 7 nitrogen and oxygen atoms in total. The van der Waals surface area contributed by atoms with E-state index in [2.05, 4.69) is 20.3 Å². The van der Waals surface area contributed by atoms with Crippen LogP contribution in [0.15, 0.2) is 38.4 Å². The van der Waals surface area contributed by atoms with Crippen molar-refractivity contribution in [2.75, 3.05) is 0 Å². The Balaban J connectivity index is 1.57. The van der Waals surface area contributed by atoms with Crippen molar-refractivity contribution in [1.82, 2.24) is 20.3 Å². The third kappa shape index (κ3) is 4.60. The first-order valence-electron chi connectivity index (χ1n) is 8.03. The molecule has 1 atom stereocenters. The van der Waals surface area contributed by atoms with Gasteiger partial charge in [-0.1, -0.05) is 37.7 Å². The maximum absolute atomic E-state index is 12.9. The van der Waals surface area contributed by atoms with E-state index in [-0.39, 0.29) is 23.1 Å². The second-order valence-corrected chi connectivity index (χ2v) is 7.96. The summed E-state index contributed by atoms with van der Waals surface area (Å²) in [5.74, 6) is 1.68. The van der Waals surface area contributed by atoms with E-state index in [9.17, 15) is 4.39 Å². The fourth-order valence-electron chi connectivity index (χ4n) is 1.93. The minimum atomic E-state index is -0.321. The lowest BCUT2D eigenvalue weighted by atomic mass is 9.96. The average Bonchev–Trinajstić information content (AvgIpc) is 3.23. The number of halogens is 1. The molecular weight excluding hydrogens is 359 g/mol. The average molecular weight is 378 g/mol. The van der Waals surface area contributed by atoms with Crippen LogP contribution < -0.4 is 4.74 Å². The fraction of sp³-hybridized carbons (Fsp3) is 0.412. The van der Waals surface area contributed by atoms with Crippen LogP contribution in [0, 0.1) is 5.82 Å². The zero-order valence-electron chi connectivity index (χ0n) is 14.9. The van der Waals surface area contributed by atoms with Gasteiger partial charge >= 0.3 is 0 Å². The van der Waals surface area contributed by atoms with Crippen LogP contribution in [0.1, 0.15) is 50.6 Å². The lowest BCUT2D eigenvalue weighted by molar-refractivity contribution is 0.251. The Morgan fingerprint density at radius 3 is 2.58 bits per heavy atom. The predicted molar refractivity (Wildman–Crippen MR) is 92.3 cm³/mol. The third-order valence-corrected chi connectivity index (χ3v) is 4.28. The number of hydrogen-bond donors (Lipinski definition) is 0. The molecule has 0 N–H and O–H groups in total. The summed E-state index contributed by atoms with van der Waals surface area (Å²) >= 11 is 1.32. The first-order valence-corrected chi connectivity index (χ1v) is 8.91. The second kappa shape index (κ2) is 7.45. The summed E-state index contributed by atoms with van der Waals surface area (Å²) in [5, 5.41) is 12.2. The van der Waals surface area contributed by atoms with Crippen LogP contribution in [0.2, 0.25) is 0 Å². The van der Waals surface area contributed by atoms with Crippen molar-refractivity contribution in [3.63, 3.8) is 0 Å². The monoisotopic (exact) mass is 378 g/mol. The molecule has 0 fully saturated rings. The molecule has 0 amide bonds. The van der Waals surface area contributed by atoms with Gasteiger partial charge in [-0.2, -0.15) is 4.98 Å². The predicted octanol–water partition coefficient (Wildman–Crippen LogP) is 4.32. The van der Waals surface area contributed by atoms with Crippen LogP contribution in [-0.4, -0.2) is 20.3 Å². The van der Waals surface area contributed by atoms with Gasteiger partial charge in [0.25, 0.3) is 11.1 Å². The van der Waals surface area contributed by atoms with Gasteiger partial charge in [0, 0.05) is 5.41 Å². The molecule has 0 saturated heterocycles. The highest BCUT2D eigenvalue weighted by Crippen LogP contribution is 2.34. The van der Waals surface area contributed by atoms with Gasteiger partial charge in [0.05, 0.1) is 5.25 Å². The van der Waals surface area contributed by atoms with E-state index in [0.717, 1.165) is 0 Å². The van der Waals surface area contributed by atoms with Gasteiger partial charge < -0.3 is 13.7 Å². The molecule has 3 aromatic rings. The quantitative estimate of drug-likeness (QED) is 0.586. The zero-order valence-corrected chi connectivity index (χ0v) is 15.7. The molecule has 1 aromatic carbocycles. The summed E-state index contributed by atoms with van der Waals surface area (Å²) in [6, 6.07) is 5.71. The van der Waals surface area contributed by atoms with Crippen LogP contribution in [0.3, 0.4) is 0 Å². The summed E-state index contributed by atoms with van der Waals surface area (Å²) < 4.78 is 29.2. The minimum absolute atomic E-state index is 0.0995. The Morgan fingerprint density at radius 1 is 1.19 bits per heavy atom. The van der Waals surface area contributed by atoms with Crippen molar-refractivity contribution in [1.29, 1.82) is 0 Å². The van der Waals surface area contributed by atoms with E-state index in [1.54, 1.807) is 0 Å². The van der Waals surface area contributed by atoms with Crippen molar-refractivity contribution in [2.45, 2.75) is 50.2 Å². The Morgan fingerprint density at radius 2 is 1.92 bits per heavy atom. The van der Waals surface area contributed by atoms with Gasteiger partial charge in [-0.25, -0.2) is 4.39 Å². The Hall–Kier alpha value is -2.42. The molecular formula is C17H19FN4O3S. The van der Waals surface area contributed by atoms with Crippen LogP contribution >= 0.6 is 11.8 Å². The van der Waals surface area contributed by atoms with Gasteiger partial charge in [-0.15, -0.1) is 10.2 Å². The normalized spacial score (nSPS) is 13.0. The largest absolute Gasteiger partial charge is 0.484 e. The summed E-state index contributed by atoms with van der Waals surface area (Å²) in [7, 11) is 0. The summed E-state index contributed by atoms with van der Waals surface area (Å²) in [6.45, 7) is 8.08. The fourth-order valence-corrected chi connectivity index (χ4v) is 2.66. The molecule has 2 aromatic heterocycles. The van der Waals surface area contributed by atoms with E-state index < -0.39 is 0 Å². The molecule has 1 unspecified atom stereocenters. The van der Waals surface area contributed by atoms with Gasteiger partial charge in [0.15, 0.2) is 12.4 Å². The molecule has 0 radical (unpaired) electrons. The van der Waals surface area contributed by atoms with E-state index in [1.807, 2.05) is 27.7 Å². The molecule has 26 heavy (non-hydrogen) atoms. The van der Waals surface area contributed by atoms with E-state index in [4.69, 9.17) is 13.7 Å². The molecule has 9 heteroatoms. The van der Waals surface area contributed by atoms with Gasteiger partial charge in [0.2, 0.25) is 5.89 Å². The van der Waals surface area contributed by atoms with Crippen LogP contribution in [0.25, 0.3) is 0 Å². The molecule has 2 heterocycles. The number of benzene rings is 1. The highest BCUT2D eigenvalue weighted by Gasteiger charge is 2.24. The molecule has 0 aliphatic heterocycles. The van der Waals surface area contributed by atoms with Gasteiger partial charge in [-0.3, -0.25) is 0 Å². The van der Waals surface area contributed by atoms with Crippen LogP contribution in [0.4, 0.5) is 4.39 Å². The number of nitrogens with zero attached hydrogens (tertiary/aromatic N) is 4. The standard InChI is InChI=1S/C17H19FN4O3S/c1-10(14-19-15(22-25-14)17(2,3)4)26-16-21-20-13(24-16)9-23-12-7-5-11(18)6-8-12/h5-8,10H,9H2,1-4H3. The molecule has 138 valence electrons. The van der Waals surface area contributed by atoms with Crippen molar-refractivity contribution in [3.8, 4) is 5.75 Å². The maximum atomic E-state index is 12.9.